The van der Waals surface area contributed by atoms with E-state index in [-0.39, 0.29) is 5.41 Å². The van der Waals surface area contributed by atoms with Crippen LogP contribution in [0.4, 0.5) is 0 Å². The third-order valence-corrected chi connectivity index (χ3v) is 14.1. The fourth-order valence-electron chi connectivity index (χ4n) is 10.3. The highest BCUT2D eigenvalue weighted by atomic mass is 32.1. The summed E-state index contributed by atoms with van der Waals surface area (Å²) in [7, 11) is 0. The first-order valence-corrected chi connectivity index (χ1v) is 21.9. The lowest BCUT2D eigenvalue weighted by Gasteiger charge is -2.30. The standard InChI is InChI=1S/C58H35N3S/c1-2-15-36(16-3-1)55-59-56(61-57(60-55)41-20-13-18-39(34-41)42-25-14-30-53-54(42)46-24-7-11-29-52(46)62-53)40-19-12-17-37(33-40)38-31-32-51-47(35-38)45-23-6-10-28-50(45)58(51)48-26-8-4-21-43(48)44-22-5-9-27-49(44)58/h1-35H. The van der Waals surface area contributed by atoms with E-state index in [1.54, 1.807) is 0 Å². The van der Waals surface area contributed by atoms with Gasteiger partial charge in [0.15, 0.2) is 17.5 Å². The Morgan fingerprint density at radius 3 is 1.44 bits per heavy atom. The molecule has 0 fully saturated rings. The molecule has 62 heavy (non-hydrogen) atoms. The summed E-state index contributed by atoms with van der Waals surface area (Å²) in [5.74, 6) is 1.92. The summed E-state index contributed by atoms with van der Waals surface area (Å²) in [6.07, 6.45) is 0. The van der Waals surface area contributed by atoms with Gasteiger partial charge in [0, 0.05) is 36.9 Å². The van der Waals surface area contributed by atoms with Crippen LogP contribution in [0.25, 0.3) is 98.8 Å². The van der Waals surface area contributed by atoms with Crippen molar-refractivity contribution in [2.75, 3.05) is 0 Å². The average molecular weight is 806 g/mol. The van der Waals surface area contributed by atoms with Gasteiger partial charge in [-0.25, -0.2) is 15.0 Å². The fraction of sp³-hybridized carbons (Fsp3) is 0.0172. The van der Waals surface area contributed by atoms with Gasteiger partial charge in [-0.2, -0.15) is 0 Å². The van der Waals surface area contributed by atoms with Crippen molar-refractivity contribution >= 4 is 31.5 Å². The van der Waals surface area contributed by atoms with Gasteiger partial charge in [-0.1, -0.05) is 182 Å². The molecule has 0 saturated carbocycles. The summed E-state index contributed by atoms with van der Waals surface area (Å²) >= 11 is 1.84. The summed E-state index contributed by atoms with van der Waals surface area (Å²) < 4.78 is 2.58. The zero-order valence-corrected chi connectivity index (χ0v) is 34.3. The normalized spacial score (nSPS) is 13.0. The second-order valence-corrected chi connectivity index (χ2v) is 17.3. The minimum Gasteiger partial charge on any atom is -0.208 e. The van der Waals surface area contributed by atoms with Crippen molar-refractivity contribution in [2.45, 2.75) is 5.41 Å². The molecule has 0 bridgehead atoms. The molecule has 2 heterocycles. The summed E-state index contributed by atoms with van der Waals surface area (Å²) in [4.78, 5) is 15.5. The van der Waals surface area contributed by atoms with E-state index in [1.807, 2.05) is 29.5 Å². The Labute approximate surface area is 363 Å². The Balaban J connectivity index is 0.939. The monoisotopic (exact) mass is 805 g/mol. The molecule has 0 radical (unpaired) electrons. The van der Waals surface area contributed by atoms with Gasteiger partial charge < -0.3 is 0 Å². The quantitative estimate of drug-likeness (QED) is 0.174. The van der Waals surface area contributed by atoms with Gasteiger partial charge >= 0.3 is 0 Å². The van der Waals surface area contributed by atoms with E-state index in [9.17, 15) is 0 Å². The lowest BCUT2D eigenvalue weighted by atomic mass is 9.70. The predicted octanol–water partition coefficient (Wildman–Crippen LogP) is 14.9. The van der Waals surface area contributed by atoms with Crippen LogP contribution in [-0.2, 0) is 5.41 Å². The number of hydrogen-bond acceptors (Lipinski definition) is 4. The molecule has 3 nitrogen and oxygen atoms in total. The lowest BCUT2D eigenvalue weighted by molar-refractivity contribution is 0.794. The molecular formula is C58H35N3S. The van der Waals surface area contributed by atoms with E-state index in [1.165, 1.54) is 70.2 Å². The van der Waals surface area contributed by atoms with E-state index in [4.69, 9.17) is 15.0 Å². The van der Waals surface area contributed by atoms with Crippen LogP contribution >= 0.6 is 11.3 Å². The van der Waals surface area contributed by atoms with Crippen LogP contribution < -0.4 is 0 Å². The maximum atomic E-state index is 5.23. The second kappa shape index (κ2) is 13.6. The van der Waals surface area contributed by atoms with Crippen molar-refractivity contribution in [1.82, 2.24) is 15.0 Å². The molecule has 0 amide bonds. The molecule has 0 unspecified atom stereocenters. The van der Waals surface area contributed by atoms with Crippen molar-refractivity contribution in [3.63, 3.8) is 0 Å². The van der Waals surface area contributed by atoms with Crippen LogP contribution in [0.15, 0.2) is 212 Å². The Morgan fingerprint density at radius 2 is 0.742 bits per heavy atom. The highest BCUT2D eigenvalue weighted by molar-refractivity contribution is 7.25. The Kier molecular flexibility index (Phi) is 7.69. The van der Waals surface area contributed by atoms with Gasteiger partial charge in [0.05, 0.1) is 5.41 Å². The minimum atomic E-state index is -0.365. The van der Waals surface area contributed by atoms with Crippen LogP contribution in [0.3, 0.4) is 0 Å². The van der Waals surface area contributed by atoms with Crippen LogP contribution in [-0.4, -0.2) is 15.0 Å². The van der Waals surface area contributed by atoms with E-state index in [0.29, 0.717) is 17.5 Å². The maximum Gasteiger partial charge on any atom is 0.164 e. The van der Waals surface area contributed by atoms with Crippen LogP contribution in [0.1, 0.15) is 22.3 Å². The predicted molar refractivity (Wildman–Crippen MR) is 256 cm³/mol. The number of fused-ring (bicyclic) bond motifs is 13. The third-order valence-electron chi connectivity index (χ3n) is 13.0. The molecule has 9 aromatic carbocycles. The van der Waals surface area contributed by atoms with Gasteiger partial charge in [0.2, 0.25) is 0 Å². The molecule has 11 aromatic rings. The SMILES string of the molecule is c1ccc(-c2nc(-c3cccc(-c4ccc5c(c4)-c4ccccc4C54c5ccccc5-c5ccccc54)c3)nc(-c3cccc(-c4cccc5sc6ccccc6c45)c3)n2)cc1. The zero-order chi connectivity index (χ0) is 40.8. The molecule has 2 aliphatic rings. The summed E-state index contributed by atoms with van der Waals surface area (Å²) in [6.45, 7) is 0. The van der Waals surface area contributed by atoms with Crippen LogP contribution in [0, 0.1) is 0 Å². The molecule has 0 N–H and O–H groups in total. The lowest BCUT2D eigenvalue weighted by Crippen LogP contribution is -2.25. The van der Waals surface area contributed by atoms with Crippen molar-refractivity contribution in [1.29, 1.82) is 0 Å². The number of rotatable bonds is 5. The molecule has 1 spiro atoms. The first-order chi connectivity index (χ1) is 30.7. The molecule has 4 heteroatoms. The second-order valence-electron chi connectivity index (χ2n) is 16.3. The third kappa shape index (κ3) is 5.14. The minimum absolute atomic E-state index is 0.365. The molecule has 288 valence electrons. The molecule has 2 aromatic heterocycles. The van der Waals surface area contributed by atoms with E-state index in [0.717, 1.165) is 33.4 Å². The first-order valence-electron chi connectivity index (χ1n) is 21.1. The summed E-state index contributed by atoms with van der Waals surface area (Å²) in [5.41, 5.74) is 17.6. The zero-order valence-electron chi connectivity index (χ0n) is 33.5. The number of benzene rings is 9. The molecule has 13 rings (SSSR count). The number of thiophene rings is 1. The van der Waals surface area contributed by atoms with Crippen molar-refractivity contribution in [3.05, 3.63) is 235 Å². The summed E-state index contributed by atoms with van der Waals surface area (Å²) in [6, 6.07) is 76.7. The van der Waals surface area contributed by atoms with Gasteiger partial charge in [-0.15, -0.1) is 11.3 Å². The number of nitrogens with zero attached hydrogens (tertiary/aromatic N) is 3. The van der Waals surface area contributed by atoms with E-state index in [2.05, 4.69) is 194 Å². The topological polar surface area (TPSA) is 38.7 Å². The van der Waals surface area contributed by atoms with Gasteiger partial charge in [-0.05, 0) is 97.1 Å². The fourth-order valence-corrected chi connectivity index (χ4v) is 11.4. The summed E-state index contributed by atoms with van der Waals surface area (Å²) in [5, 5.41) is 2.56. The maximum absolute atomic E-state index is 5.23. The molecule has 0 aliphatic heterocycles. The van der Waals surface area contributed by atoms with Gasteiger partial charge in [0.25, 0.3) is 0 Å². The molecular weight excluding hydrogens is 771 g/mol. The Morgan fingerprint density at radius 1 is 0.290 bits per heavy atom. The molecule has 0 saturated heterocycles. The molecule has 2 aliphatic carbocycles. The Bertz CT molecular complexity index is 3560. The van der Waals surface area contributed by atoms with Crippen LogP contribution in [0.2, 0.25) is 0 Å². The largest absolute Gasteiger partial charge is 0.208 e. The van der Waals surface area contributed by atoms with Crippen molar-refractivity contribution in [3.8, 4) is 78.7 Å². The number of hydrogen-bond donors (Lipinski definition) is 0. The highest BCUT2D eigenvalue weighted by Crippen LogP contribution is 2.63. The smallest absolute Gasteiger partial charge is 0.164 e. The van der Waals surface area contributed by atoms with Crippen molar-refractivity contribution < 1.29 is 0 Å². The Hall–Kier alpha value is -7.79. The highest BCUT2D eigenvalue weighted by Gasteiger charge is 2.51. The van der Waals surface area contributed by atoms with E-state index >= 15 is 0 Å². The number of aromatic nitrogens is 3. The first kappa shape index (κ1) is 35.0. The van der Waals surface area contributed by atoms with Crippen molar-refractivity contribution in [2.24, 2.45) is 0 Å². The van der Waals surface area contributed by atoms with Gasteiger partial charge in [-0.3, -0.25) is 0 Å². The van der Waals surface area contributed by atoms with E-state index < -0.39 is 0 Å². The molecule has 0 atom stereocenters. The van der Waals surface area contributed by atoms with Crippen LogP contribution in [0.5, 0.6) is 0 Å². The van der Waals surface area contributed by atoms with Gasteiger partial charge in [0.1, 0.15) is 0 Å². The average Bonchev–Trinajstić information content (AvgIpc) is 3.98.